The number of morpholine rings is 1. The summed E-state index contributed by atoms with van der Waals surface area (Å²) in [7, 11) is 3.31. The molecule has 0 radical (unpaired) electrons. The molecule has 2 rings (SSSR count). The normalized spacial score (nSPS) is 16.4. The average Bonchev–Trinajstić information content (AvgIpc) is 2.63. The van der Waals surface area contributed by atoms with E-state index in [0.29, 0.717) is 49.2 Å². The fourth-order valence-corrected chi connectivity index (χ4v) is 2.73. The second-order valence-corrected chi connectivity index (χ2v) is 6.01. The van der Waals surface area contributed by atoms with Crippen molar-refractivity contribution >= 4 is 23.0 Å². The number of amides is 1. The summed E-state index contributed by atoms with van der Waals surface area (Å²) in [6.07, 6.45) is 0. The van der Waals surface area contributed by atoms with Gasteiger partial charge in [-0.1, -0.05) is 0 Å². The van der Waals surface area contributed by atoms with Crippen molar-refractivity contribution in [1.29, 1.82) is 0 Å². The van der Waals surface area contributed by atoms with E-state index in [2.05, 4.69) is 4.90 Å². The van der Waals surface area contributed by atoms with Gasteiger partial charge in [0, 0.05) is 33.3 Å². The van der Waals surface area contributed by atoms with E-state index < -0.39 is 0 Å². The Morgan fingerprint density at radius 1 is 1.28 bits per heavy atom. The van der Waals surface area contributed by atoms with E-state index >= 15 is 0 Å². The summed E-state index contributed by atoms with van der Waals surface area (Å²) in [5.41, 5.74) is 13.2. The number of carbonyl (C=O) groups is 1. The van der Waals surface area contributed by atoms with Crippen LogP contribution in [0.25, 0.3) is 0 Å². The van der Waals surface area contributed by atoms with Crippen molar-refractivity contribution in [2.75, 3.05) is 70.0 Å². The van der Waals surface area contributed by atoms with E-state index in [1.807, 2.05) is 6.92 Å². The lowest BCUT2D eigenvalue weighted by molar-refractivity contribution is -0.124. The highest BCUT2D eigenvalue weighted by Gasteiger charge is 2.27. The van der Waals surface area contributed by atoms with Gasteiger partial charge in [0.25, 0.3) is 0 Å². The average molecular weight is 352 g/mol. The molecule has 0 spiro atoms. The van der Waals surface area contributed by atoms with Crippen LogP contribution in [-0.2, 0) is 14.3 Å². The molecule has 8 nitrogen and oxygen atoms in total. The van der Waals surface area contributed by atoms with Gasteiger partial charge in [0.1, 0.15) is 12.4 Å². The number of anilines is 3. The van der Waals surface area contributed by atoms with Gasteiger partial charge in [-0.05, 0) is 13.0 Å². The molecule has 8 heteroatoms. The van der Waals surface area contributed by atoms with Crippen molar-refractivity contribution < 1.29 is 19.0 Å². The number of nitrogens with two attached hydrogens (primary N) is 2. The third kappa shape index (κ3) is 4.75. The van der Waals surface area contributed by atoms with Crippen LogP contribution in [0.5, 0.6) is 5.75 Å². The summed E-state index contributed by atoms with van der Waals surface area (Å²) < 4.78 is 16.1. The Bertz CT molecular complexity index is 590. The van der Waals surface area contributed by atoms with Crippen molar-refractivity contribution in [3.05, 3.63) is 12.1 Å². The van der Waals surface area contributed by atoms with Crippen LogP contribution in [0.4, 0.5) is 17.1 Å². The SMILES string of the molecule is COCCOc1cc(N)c(N)cc1N(C)C(=O)C(C)N1CCOCC1. The van der Waals surface area contributed by atoms with E-state index in [0.717, 1.165) is 13.1 Å². The van der Waals surface area contributed by atoms with E-state index in [4.69, 9.17) is 25.7 Å². The lowest BCUT2D eigenvalue weighted by Crippen LogP contribution is -2.50. The van der Waals surface area contributed by atoms with Crippen LogP contribution in [0.3, 0.4) is 0 Å². The molecule has 1 unspecified atom stereocenters. The minimum atomic E-state index is -0.264. The third-order valence-electron chi connectivity index (χ3n) is 4.35. The molecule has 0 aromatic heterocycles. The molecule has 1 saturated heterocycles. The van der Waals surface area contributed by atoms with Crippen LogP contribution >= 0.6 is 0 Å². The molecule has 1 aromatic rings. The van der Waals surface area contributed by atoms with Crippen molar-refractivity contribution in [3.63, 3.8) is 0 Å². The molecule has 140 valence electrons. The van der Waals surface area contributed by atoms with Crippen LogP contribution in [0, 0.1) is 0 Å². The first-order chi connectivity index (χ1) is 12.0. The van der Waals surface area contributed by atoms with Gasteiger partial charge in [0.15, 0.2) is 0 Å². The minimum absolute atomic E-state index is 0.0392. The predicted molar refractivity (Wildman–Crippen MR) is 97.9 cm³/mol. The molecule has 1 aliphatic heterocycles. The fourth-order valence-electron chi connectivity index (χ4n) is 2.73. The highest BCUT2D eigenvalue weighted by molar-refractivity contribution is 5.98. The standard InChI is InChI=1S/C17H28N4O4/c1-12(21-4-6-24-7-5-21)17(22)20(2)15-10-13(18)14(19)11-16(15)25-9-8-23-3/h10-12H,4-9,18-19H2,1-3H3. The van der Waals surface area contributed by atoms with Crippen molar-refractivity contribution in [3.8, 4) is 5.75 Å². The van der Waals surface area contributed by atoms with Gasteiger partial charge in [-0.2, -0.15) is 0 Å². The topological polar surface area (TPSA) is 103 Å². The molecule has 0 aliphatic carbocycles. The molecule has 1 amide bonds. The number of likely N-dealkylation sites (N-methyl/N-ethyl adjacent to an activating group) is 1. The van der Waals surface area contributed by atoms with Crippen LogP contribution < -0.4 is 21.1 Å². The fraction of sp³-hybridized carbons (Fsp3) is 0.588. The zero-order valence-electron chi connectivity index (χ0n) is 15.2. The summed E-state index contributed by atoms with van der Waals surface area (Å²) in [6.45, 7) is 5.45. The van der Waals surface area contributed by atoms with Crippen molar-refractivity contribution in [1.82, 2.24) is 4.90 Å². The lowest BCUT2D eigenvalue weighted by Gasteiger charge is -2.34. The zero-order chi connectivity index (χ0) is 18.4. The van der Waals surface area contributed by atoms with Gasteiger partial charge in [-0.3, -0.25) is 9.69 Å². The summed E-state index contributed by atoms with van der Waals surface area (Å²) in [5, 5.41) is 0. The molecule has 0 saturated carbocycles. The number of hydrogen-bond acceptors (Lipinski definition) is 7. The number of benzene rings is 1. The predicted octanol–water partition coefficient (Wildman–Crippen LogP) is 0.560. The largest absolute Gasteiger partial charge is 0.489 e. The van der Waals surface area contributed by atoms with Crippen LogP contribution in [-0.4, -0.2) is 70.5 Å². The Hall–Kier alpha value is -2.03. The molecule has 4 N–H and O–H groups in total. The summed E-state index contributed by atoms with van der Waals surface area (Å²) in [6, 6.07) is 3.05. The Kier molecular flexibility index (Phi) is 6.86. The van der Waals surface area contributed by atoms with Gasteiger partial charge in [-0.15, -0.1) is 0 Å². The van der Waals surface area contributed by atoms with Crippen LogP contribution in [0.1, 0.15) is 6.92 Å². The quantitative estimate of drug-likeness (QED) is 0.546. The molecular formula is C17H28N4O4. The Balaban J connectivity index is 2.19. The first kappa shape index (κ1) is 19.3. The molecule has 1 heterocycles. The smallest absolute Gasteiger partial charge is 0.243 e. The number of nitrogens with zero attached hydrogens (tertiary/aromatic N) is 2. The molecule has 1 aromatic carbocycles. The Morgan fingerprint density at radius 2 is 1.92 bits per heavy atom. The molecule has 1 fully saturated rings. The number of methoxy groups -OCH3 is 1. The lowest BCUT2D eigenvalue weighted by atomic mass is 10.1. The molecule has 1 atom stereocenters. The number of rotatable bonds is 7. The summed E-state index contributed by atoms with van der Waals surface area (Å²) in [4.78, 5) is 16.6. The minimum Gasteiger partial charge on any atom is -0.489 e. The molecular weight excluding hydrogens is 324 g/mol. The maximum atomic E-state index is 12.9. The number of ether oxygens (including phenoxy) is 3. The summed E-state index contributed by atoms with van der Waals surface area (Å²) in [5.74, 6) is 0.469. The second-order valence-electron chi connectivity index (χ2n) is 6.01. The van der Waals surface area contributed by atoms with Crippen LogP contribution in [0.2, 0.25) is 0 Å². The van der Waals surface area contributed by atoms with Gasteiger partial charge in [0.2, 0.25) is 5.91 Å². The highest BCUT2D eigenvalue weighted by Crippen LogP contribution is 2.34. The number of carbonyl (C=O) groups excluding carboxylic acids is 1. The van der Waals surface area contributed by atoms with Crippen molar-refractivity contribution in [2.45, 2.75) is 13.0 Å². The van der Waals surface area contributed by atoms with Crippen molar-refractivity contribution in [2.24, 2.45) is 0 Å². The maximum Gasteiger partial charge on any atom is 0.243 e. The number of nitrogen functional groups attached to an aromatic ring is 2. The maximum absolute atomic E-state index is 12.9. The van der Waals surface area contributed by atoms with E-state index in [1.165, 1.54) is 0 Å². The first-order valence-electron chi connectivity index (χ1n) is 8.35. The monoisotopic (exact) mass is 352 g/mol. The van der Waals surface area contributed by atoms with Gasteiger partial charge in [-0.25, -0.2) is 0 Å². The number of hydrogen-bond donors (Lipinski definition) is 2. The first-order valence-corrected chi connectivity index (χ1v) is 8.35. The molecule has 0 bridgehead atoms. The second kappa shape index (κ2) is 8.89. The Labute approximate surface area is 148 Å². The van der Waals surface area contributed by atoms with E-state index in [1.54, 1.807) is 31.2 Å². The molecule has 1 aliphatic rings. The van der Waals surface area contributed by atoms with E-state index in [-0.39, 0.29) is 11.9 Å². The van der Waals surface area contributed by atoms with Gasteiger partial charge in [0.05, 0.1) is 42.9 Å². The molecule has 25 heavy (non-hydrogen) atoms. The van der Waals surface area contributed by atoms with E-state index in [9.17, 15) is 4.79 Å². The van der Waals surface area contributed by atoms with Gasteiger partial charge < -0.3 is 30.6 Å². The van der Waals surface area contributed by atoms with Gasteiger partial charge >= 0.3 is 0 Å². The van der Waals surface area contributed by atoms with Crippen LogP contribution in [0.15, 0.2) is 12.1 Å². The Morgan fingerprint density at radius 3 is 2.56 bits per heavy atom. The zero-order valence-corrected chi connectivity index (χ0v) is 15.2. The highest BCUT2D eigenvalue weighted by atomic mass is 16.5. The third-order valence-corrected chi connectivity index (χ3v) is 4.35. The summed E-state index contributed by atoms with van der Waals surface area (Å²) >= 11 is 0.